The molecule has 1 aliphatic carbocycles. The summed E-state index contributed by atoms with van der Waals surface area (Å²) in [6, 6.07) is 29.5. The summed E-state index contributed by atoms with van der Waals surface area (Å²) in [5.74, 6) is -0.107. The Morgan fingerprint density at radius 3 is 2.49 bits per heavy atom. The van der Waals surface area contributed by atoms with Crippen LogP contribution in [0.2, 0.25) is 0 Å². The van der Waals surface area contributed by atoms with Gasteiger partial charge < -0.3 is 10.4 Å². The maximum Gasteiger partial charge on any atom is 0.335 e. The van der Waals surface area contributed by atoms with Gasteiger partial charge in [-0.15, -0.1) is 12.4 Å². The van der Waals surface area contributed by atoms with Crippen LogP contribution < -0.4 is 5.32 Å². The molecule has 1 unspecified atom stereocenters. The van der Waals surface area contributed by atoms with Crippen molar-refractivity contribution >= 4 is 29.1 Å². The topological polar surface area (TPSA) is 49.3 Å². The molecule has 3 nitrogen and oxygen atoms in total. The van der Waals surface area contributed by atoms with Crippen LogP contribution in [0.3, 0.4) is 0 Å². The highest BCUT2D eigenvalue weighted by molar-refractivity contribution is 5.89. The molecule has 4 aromatic rings. The van der Waals surface area contributed by atoms with Gasteiger partial charge in [0, 0.05) is 5.92 Å². The summed E-state index contributed by atoms with van der Waals surface area (Å²) in [7, 11) is 0. The lowest BCUT2D eigenvalue weighted by molar-refractivity contribution is 0.0696. The van der Waals surface area contributed by atoms with Crippen molar-refractivity contribution in [2.24, 2.45) is 5.92 Å². The smallest absolute Gasteiger partial charge is 0.335 e. The lowest BCUT2D eigenvalue weighted by atomic mass is 9.72. The van der Waals surface area contributed by atoms with Crippen LogP contribution in [-0.4, -0.2) is 24.2 Å². The second-order valence-corrected chi connectivity index (χ2v) is 9.47. The largest absolute Gasteiger partial charge is 0.478 e. The number of hydrogen-bond donors (Lipinski definition) is 2. The van der Waals surface area contributed by atoms with E-state index in [1.54, 1.807) is 6.07 Å². The fourth-order valence-electron chi connectivity index (χ4n) is 5.67. The van der Waals surface area contributed by atoms with Crippen molar-refractivity contribution in [1.29, 1.82) is 0 Å². The van der Waals surface area contributed by atoms with Gasteiger partial charge in [0.15, 0.2) is 0 Å². The Kier molecular flexibility index (Phi) is 7.90. The van der Waals surface area contributed by atoms with Gasteiger partial charge in [0.1, 0.15) is 0 Å². The van der Waals surface area contributed by atoms with E-state index >= 15 is 0 Å². The van der Waals surface area contributed by atoms with Gasteiger partial charge in [-0.3, -0.25) is 0 Å². The van der Waals surface area contributed by atoms with Crippen LogP contribution in [0.15, 0.2) is 84.9 Å². The molecule has 2 atom stereocenters. The van der Waals surface area contributed by atoms with Crippen LogP contribution in [0.4, 0.5) is 0 Å². The van der Waals surface area contributed by atoms with Crippen LogP contribution in [0, 0.1) is 12.8 Å². The molecule has 0 aliphatic heterocycles. The van der Waals surface area contributed by atoms with Crippen LogP contribution in [0.5, 0.6) is 0 Å². The van der Waals surface area contributed by atoms with Crippen LogP contribution in [0.1, 0.15) is 50.5 Å². The summed E-state index contributed by atoms with van der Waals surface area (Å²) < 4.78 is 0. The standard InChI is InChI=1S/C31H31NO2.ClH/c1-21-26(14-7-15-27(21)31(33)34)30-19-22(18-25-9-3-5-13-29(25)30)20-32-17-16-24-11-6-10-23-8-2-4-12-28(23)24;/h2-15,22,30,32H,16-20H2,1H3,(H,33,34);1H/t22-,30?;/m0./s1. The summed E-state index contributed by atoms with van der Waals surface area (Å²) in [5.41, 5.74) is 6.57. The third-order valence-corrected chi connectivity index (χ3v) is 7.37. The van der Waals surface area contributed by atoms with E-state index in [1.165, 1.54) is 27.5 Å². The van der Waals surface area contributed by atoms with E-state index < -0.39 is 5.97 Å². The average molecular weight is 486 g/mol. The van der Waals surface area contributed by atoms with Gasteiger partial charge in [0.2, 0.25) is 0 Å². The highest BCUT2D eigenvalue weighted by Gasteiger charge is 2.29. The van der Waals surface area contributed by atoms with Crippen LogP contribution >= 0.6 is 12.4 Å². The second-order valence-electron chi connectivity index (χ2n) is 9.47. The van der Waals surface area contributed by atoms with E-state index in [9.17, 15) is 9.90 Å². The zero-order chi connectivity index (χ0) is 23.5. The maximum atomic E-state index is 11.7. The zero-order valence-electron chi connectivity index (χ0n) is 20.0. The fraction of sp³-hybridized carbons (Fsp3) is 0.258. The lowest BCUT2D eigenvalue weighted by Crippen LogP contribution is -2.30. The number of carboxylic acids is 1. The highest BCUT2D eigenvalue weighted by atomic mass is 35.5. The third kappa shape index (κ3) is 5.27. The number of nitrogens with one attached hydrogen (secondary N) is 1. The van der Waals surface area contributed by atoms with E-state index in [0.29, 0.717) is 11.5 Å². The van der Waals surface area contributed by atoms with Gasteiger partial charge in [-0.1, -0.05) is 78.9 Å². The highest BCUT2D eigenvalue weighted by Crippen LogP contribution is 2.40. The van der Waals surface area contributed by atoms with Crippen molar-refractivity contribution in [3.8, 4) is 0 Å². The third-order valence-electron chi connectivity index (χ3n) is 7.37. The minimum atomic E-state index is -0.852. The monoisotopic (exact) mass is 485 g/mol. The molecule has 0 heterocycles. The first-order chi connectivity index (χ1) is 16.6. The number of rotatable bonds is 7. The van der Waals surface area contributed by atoms with E-state index in [1.807, 2.05) is 13.0 Å². The molecule has 0 fully saturated rings. The van der Waals surface area contributed by atoms with E-state index in [0.717, 1.165) is 43.5 Å². The second kappa shape index (κ2) is 11.1. The Labute approximate surface area is 213 Å². The first kappa shape index (κ1) is 25.0. The quantitative estimate of drug-likeness (QED) is 0.283. The summed E-state index contributed by atoms with van der Waals surface area (Å²) in [6.45, 7) is 3.87. The Hall–Kier alpha value is -3.14. The molecule has 5 rings (SSSR count). The normalized spacial score (nSPS) is 16.9. The molecule has 4 aromatic carbocycles. The number of benzene rings is 4. The van der Waals surface area contributed by atoms with Crippen molar-refractivity contribution in [1.82, 2.24) is 5.32 Å². The molecule has 180 valence electrons. The Balaban J connectivity index is 0.00000289. The summed E-state index contributed by atoms with van der Waals surface area (Å²) in [5, 5.41) is 16.0. The molecule has 35 heavy (non-hydrogen) atoms. The van der Waals surface area contributed by atoms with E-state index in [4.69, 9.17) is 0 Å². The SMILES string of the molecule is Cc1c(C(=O)O)cccc1C1C[C@@H](CNCCc2cccc3ccccc23)Cc2ccccc21.Cl. The van der Waals surface area contributed by atoms with Gasteiger partial charge in [-0.2, -0.15) is 0 Å². The number of aromatic carboxylic acids is 1. The predicted octanol–water partition coefficient (Wildman–Crippen LogP) is 6.79. The molecule has 0 amide bonds. The molecule has 2 N–H and O–H groups in total. The summed E-state index contributed by atoms with van der Waals surface area (Å²) in [4.78, 5) is 11.7. The van der Waals surface area contributed by atoms with Gasteiger partial charge in [-0.05, 0) is 89.8 Å². The zero-order valence-corrected chi connectivity index (χ0v) is 20.9. The fourth-order valence-corrected chi connectivity index (χ4v) is 5.67. The minimum absolute atomic E-state index is 0. The van der Waals surface area contributed by atoms with Gasteiger partial charge >= 0.3 is 5.97 Å². The van der Waals surface area contributed by atoms with Gasteiger partial charge in [0.25, 0.3) is 0 Å². The first-order valence-corrected chi connectivity index (χ1v) is 12.2. The van der Waals surface area contributed by atoms with Crippen molar-refractivity contribution in [3.63, 3.8) is 0 Å². The summed E-state index contributed by atoms with van der Waals surface area (Å²) in [6.07, 6.45) is 3.10. The van der Waals surface area contributed by atoms with Gasteiger partial charge in [-0.25, -0.2) is 4.79 Å². The van der Waals surface area contributed by atoms with Crippen molar-refractivity contribution in [3.05, 3.63) is 118 Å². The van der Waals surface area contributed by atoms with Crippen LogP contribution in [0.25, 0.3) is 10.8 Å². The Morgan fingerprint density at radius 2 is 1.63 bits per heavy atom. The molecular weight excluding hydrogens is 454 g/mol. The van der Waals surface area contributed by atoms with Crippen molar-refractivity contribution < 1.29 is 9.90 Å². The molecule has 0 aromatic heterocycles. The average Bonchev–Trinajstić information content (AvgIpc) is 2.86. The molecule has 0 bridgehead atoms. The van der Waals surface area contributed by atoms with E-state index in [-0.39, 0.29) is 18.3 Å². The van der Waals surface area contributed by atoms with E-state index in [2.05, 4.69) is 78.1 Å². The number of carbonyl (C=O) groups is 1. The summed E-state index contributed by atoms with van der Waals surface area (Å²) >= 11 is 0. The first-order valence-electron chi connectivity index (χ1n) is 12.2. The maximum absolute atomic E-state index is 11.7. The molecule has 0 spiro atoms. The molecule has 4 heteroatoms. The van der Waals surface area contributed by atoms with Crippen molar-refractivity contribution in [2.75, 3.05) is 13.1 Å². The lowest BCUT2D eigenvalue weighted by Gasteiger charge is -2.33. The van der Waals surface area contributed by atoms with Gasteiger partial charge in [0.05, 0.1) is 5.56 Å². The number of carboxylic acid groups (broad SMARTS) is 1. The number of halogens is 1. The molecule has 0 saturated heterocycles. The molecule has 0 saturated carbocycles. The Morgan fingerprint density at radius 1 is 0.914 bits per heavy atom. The molecule has 0 radical (unpaired) electrons. The van der Waals surface area contributed by atoms with Crippen LogP contribution in [-0.2, 0) is 12.8 Å². The van der Waals surface area contributed by atoms with Crippen molar-refractivity contribution in [2.45, 2.75) is 32.1 Å². The predicted molar refractivity (Wildman–Crippen MR) is 146 cm³/mol. The minimum Gasteiger partial charge on any atom is -0.478 e. The molecular formula is C31H32ClNO2. The number of fused-ring (bicyclic) bond motifs is 2. The molecule has 1 aliphatic rings. The number of hydrogen-bond acceptors (Lipinski definition) is 2. The Bertz CT molecular complexity index is 1330.